The molecule has 5 nitrogen and oxygen atoms in total. The fraction of sp³-hybridized carbons (Fsp3) is 0.966. The highest BCUT2D eigenvalue weighted by Gasteiger charge is 2.60. The van der Waals surface area contributed by atoms with Crippen LogP contribution in [-0.4, -0.2) is 41.4 Å². The number of hydrogen-bond donors (Lipinski definition) is 3. The summed E-state index contributed by atoms with van der Waals surface area (Å²) in [6.45, 7) is 13.9. The van der Waals surface area contributed by atoms with Gasteiger partial charge in [0.1, 0.15) is 11.6 Å². The molecular weight excluding hydrogens is 424 g/mol. The SMILES string of the molecule is CC(NCCC(N)C(=O)OC(C)(C)C)[C@H]1CC[C@H]2[C@@H]3CCC4CC(O)CC[C@]4(C)[C@H]3CC[C@]12C. The molecule has 0 spiro atoms. The second-order valence-corrected chi connectivity index (χ2v) is 14.0. The Hall–Kier alpha value is -0.650. The zero-order valence-electron chi connectivity index (χ0n) is 22.7. The van der Waals surface area contributed by atoms with Gasteiger partial charge in [-0.05, 0) is 139 Å². The highest BCUT2D eigenvalue weighted by molar-refractivity contribution is 5.75. The number of aliphatic hydroxyl groups excluding tert-OH is 1. The number of nitrogens with one attached hydrogen (secondary N) is 1. The molecule has 0 heterocycles. The van der Waals surface area contributed by atoms with Crippen molar-refractivity contribution < 1.29 is 14.6 Å². The first-order chi connectivity index (χ1) is 15.8. The van der Waals surface area contributed by atoms with Gasteiger partial charge in [0, 0.05) is 6.04 Å². The maximum absolute atomic E-state index is 12.2. The molecule has 10 atom stereocenters. The van der Waals surface area contributed by atoms with Crippen molar-refractivity contribution in [1.29, 1.82) is 0 Å². The molecule has 0 aromatic carbocycles. The number of rotatable bonds is 6. The average molecular weight is 477 g/mol. The molecule has 4 fully saturated rings. The van der Waals surface area contributed by atoms with E-state index in [0.717, 1.165) is 43.1 Å². The van der Waals surface area contributed by atoms with Crippen LogP contribution in [0, 0.1) is 40.4 Å². The van der Waals surface area contributed by atoms with Crippen molar-refractivity contribution >= 4 is 5.97 Å². The van der Waals surface area contributed by atoms with Gasteiger partial charge in [0.05, 0.1) is 6.10 Å². The smallest absolute Gasteiger partial charge is 0.323 e. The summed E-state index contributed by atoms with van der Waals surface area (Å²) in [4.78, 5) is 12.2. The molecule has 0 saturated heterocycles. The highest BCUT2D eigenvalue weighted by atomic mass is 16.6. The largest absolute Gasteiger partial charge is 0.459 e. The Morgan fingerprint density at radius 1 is 1.06 bits per heavy atom. The molecular formula is C29H52N2O3. The van der Waals surface area contributed by atoms with Gasteiger partial charge in [-0.15, -0.1) is 0 Å². The minimum absolute atomic E-state index is 0.0605. The Labute approximate surface area is 208 Å². The molecule has 0 bridgehead atoms. The number of ether oxygens (including phenoxy) is 1. The van der Waals surface area contributed by atoms with E-state index in [4.69, 9.17) is 10.5 Å². The summed E-state index contributed by atoms with van der Waals surface area (Å²) in [5.41, 5.74) is 6.49. The maximum atomic E-state index is 12.2. The summed E-state index contributed by atoms with van der Waals surface area (Å²) in [6.07, 6.45) is 11.9. The van der Waals surface area contributed by atoms with E-state index in [0.29, 0.717) is 29.2 Å². The molecule has 0 radical (unpaired) electrons. The van der Waals surface area contributed by atoms with E-state index in [-0.39, 0.29) is 12.1 Å². The van der Waals surface area contributed by atoms with Crippen LogP contribution < -0.4 is 11.1 Å². The molecule has 4 N–H and O–H groups in total. The predicted octanol–water partition coefficient (Wildman–Crippen LogP) is 5.04. The third-order valence-electron chi connectivity index (χ3n) is 10.9. The first kappa shape index (κ1) is 26.4. The highest BCUT2D eigenvalue weighted by Crippen LogP contribution is 2.67. The van der Waals surface area contributed by atoms with Crippen molar-refractivity contribution in [2.45, 2.75) is 130 Å². The monoisotopic (exact) mass is 476 g/mol. The molecule has 4 aliphatic carbocycles. The normalized spacial score (nSPS) is 43.9. The number of carbonyl (C=O) groups excluding carboxylic acids is 1. The first-order valence-electron chi connectivity index (χ1n) is 14.2. The van der Waals surface area contributed by atoms with Crippen molar-refractivity contribution in [3.8, 4) is 0 Å². The maximum Gasteiger partial charge on any atom is 0.323 e. The Morgan fingerprint density at radius 3 is 2.44 bits per heavy atom. The third-order valence-corrected chi connectivity index (χ3v) is 10.9. The van der Waals surface area contributed by atoms with Crippen molar-refractivity contribution in [3.05, 3.63) is 0 Å². The van der Waals surface area contributed by atoms with Crippen LogP contribution in [0.2, 0.25) is 0 Å². The van der Waals surface area contributed by atoms with Crippen LogP contribution in [0.1, 0.15) is 106 Å². The summed E-state index contributed by atoms with van der Waals surface area (Å²) >= 11 is 0. The molecule has 0 aromatic heterocycles. The van der Waals surface area contributed by atoms with Gasteiger partial charge in [-0.25, -0.2) is 0 Å². The predicted molar refractivity (Wildman–Crippen MR) is 137 cm³/mol. The molecule has 0 amide bonds. The van der Waals surface area contributed by atoms with Gasteiger partial charge in [0.2, 0.25) is 0 Å². The van der Waals surface area contributed by atoms with Gasteiger partial charge in [-0.3, -0.25) is 4.79 Å². The molecule has 34 heavy (non-hydrogen) atoms. The summed E-state index contributed by atoms with van der Waals surface area (Å²) in [5, 5.41) is 14.0. The fourth-order valence-electron chi connectivity index (χ4n) is 9.20. The topological polar surface area (TPSA) is 84.6 Å². The average Bonchev–Trinajstić information content (AvgIpc) is 3.10. The number of nitrogens with two attached hydrogens (primary N) is 1. The van der Waals surface area contributed by atoms with Crippen LogP contribution in [-0.2, 0) is 9.53 Å². The third kappa shape index (κ3) is 4.95. The van der Waals surface area contributed by atoms with Crippen molar-refractivity contribution in [2.75, 3.05) is 6.54 Å². The Kier molecular flexibility index (Phi) is 7.51. The molecule has 4 saturated carbocycles. The van der Waals surface area contributed by atoms with Gasteiger partial charge < -0.3 is 20.9 Å². The number of hydrogen-bond acceptors (Lipinski definition) is 5. The summed E-state index contributed by atoms with van der Waals surface area (Å²) in [6, 6.07) is -0.125. The molecule has 4 unspecified atom stereocenters. The van der Waals surface area contributed by atoms with E-state index in [1.807, 2.05) is 20.8 Å². The van der Waals surface area contributed by atoms with Gasteiger partial charge in [0.25, 0.3) is 0 Å². The van der Waals surface area contributed by atoms with E-state index < -0.39 is 11.6 Å². The molecule has 196 valence electrons. The number of fused-ring (bicyclic) bond motifs is 5. The van der Waals surface area contributed by atoms with E-state index >= 15 is 0 Å². The quantitative estimate of drug-likeness (QED) is 0.468. The zero-order valence-corrected chi connectivity index (χ0v) is 22.7. The van der Waals surface area contributed by atoms with Crippen molar-refractivity contribution in [2.24, 2.45) is 46.2 Å². The first-order valence-corrected chi connectivity index (χ1v) is 14.2. The molecule has 4 rings (SSSR count). The lowest BCUT2D eigenvalue weighted by Crippen LogP contribution is -2.55. The van der Waals surface area contributed by atoms with Gasteiger partial charge in [-0.1, -0.05) is 13.8 Å². The van der Waals surface area contributed by atoms with Crippen LogP contribution in [0.5, 0.6) is 0 Å². The van der Waals surface area contributed by atoms with Crippen molar-refractivity contribution in [1.82, 2.24) is 5.32 Å². The van der Waals surface area contributed by atoms with Crippen LogP contribution in [0.3, 0.4) is 0 Å². The van der Waals surface area contributed by atoms with Gasteiger partial charge in [-0.2, -0.15) is 0 Å². The van der Waals surface area contributed by atoms with Crippen LogP contribution in [0.15, 0.2) is 0 Å². The number of carbonyl (C=O) groups is 1. The van der Waals surface area contributed by atoms with Crippen LogP contribution >= 0.6 is 0 Å². The van der Waals surface area contributed by atoms with E-state index in [2.05, 4.69) is 26.1 Å². The van der Waals surface area contributed by atoms with E-state index in [1.54, 1.807) is 0 Å². The Bertz CT molecular complexity index is 735. The van der Waals surface area contributed by atoms with Crippen LogP contribution in [0.25, 0.3) is 0 Å². The van der Waals surface area contributed by atoms with Crippen LogP contribution in [0.4, 0.5) is 0 Å². The minimum Gasteiger partial charge on any atom is -0.459 e. The molecule has 4 aliphatic rings. The summed E-state index contributed by atoms with van der Waals surface area (Å²) in [5.74, 6) is 3.68. The summed E-state index contributed by atoms with van der Waals surface area (Å²) < 4.78 is 5.44. The zero-order chi connectivity index (χ0) is 24.9. The Morgan fingerprint density at radius 2 is 1.74 bits per heavy atom. The summed E-state index contributed by atoms with van der Waals surface area (Å²) in [7, 11) is 0. The minimum atomic E-state index is -0.564. The van der Waals surface area contributed by atoms with E-state index in [1.165, 1.54) is 44.9 Å². The lowest BCUT2D eigenvalue weighted by Gasteiger charge is -2.61. The molecule has 0 aromatic rings. The standard InChI is InChI=1S/C29H52N2O3/c1-18(31-16-13-25(30)26(33)34-27(2,3)4)22-9-10-23-21-8-7-19-17-20(32)11-14-28(19,5)24(21)12-15-29(22,23)6/h18-25,31-32H,7-17,30H2,1-6H3/t18?,19?,20?,21-,22+,23-,24-,25?,28-,29+/m0/s1. The Balaban J connectivity index is 1.34. The molecule has 0 aliphatic heterocycles. The number of aliphatic hydroxyl groups is 1. The number of esters is 1. The van der Waals surface area contributed by atoms with Gasteiger partial charge >= 0.3 is 5.97 Å². The lowest BCUT2D eigenvalue weighted by atomic mass is 9.44. The van der Waals surface area contributed by atoms with Gasteiger partial charge in [0.15, 0.2) is 0 Å². The van der Waals surface area contributed by atoms with Crippen molar-refractivity contribution in [3.63, 3.8) is 0 Å². The molecule has 5 heteroatoms. The second kappa shape index (κ2) is 9.67. The second-order valence-electron chi connectivity index (χ2n) is 14.0. The lowest BCUT2D eigenvalue weighted by molar-refractivity contribution is -0.156. The van der Waals surface area contributed by atoms with E-state index in [9.17, 15) is 9.90 Å². The fourth-order valence-corrected chi connectivity index (χ4v) is 9.20.